The Bertz CT molecular complexity index is 271. The smallest absolute Gasteiger partial charge is 0.0585 e. The number of halogens is 1. The van der Waals surface area contributed by atoms with Crippen molar-refractivity contribution in [3.8, 4) is 0 Å². The van der Waals surface area contributed by atoms with Gasteiger partial charge in [-0.2, -0.15) is 0 Å². The van der Waals surface area contributed by atoms with E-state index in [9.17, 15) is 0 Å². The van der Waals surface area contributed by atoms with Gasteiger partial charge in [0.15, 0.2) is 0 Å². The molecule has 1 rings (SSSR count). The van der Waals surface area contributed by atoms with Gasteiger partial charge >= 0.3 is 0 Å². The van der Waals surface area contributed by atoms with Crippen LogP contribution in [-0.2, 0) is 0 Å². The molecule has 0 aliphatic heterocycles. The molecule has 84 valence electrons. The van der Waals surface area contributed by atoms with Crippen molar-refractivity contribution in [1.29, 1.82) is 0 Å². The molecule has 0 aliphatic carbocycles. The molecule has 0 spiro atoms. The van der Waals surface area contributed by atoms with Gasteiger partial charge in [-0.1, -0.05) is 57.5 Å². The van der Waals surface area contributed by atoms with Crippen LogP contribution in [-0.4, -0.2) is 0 Å². The maximum absolute atomic E-state index is 6.34. The molecule has 0 nitrogen and oxygen atoms in total. The van der Waals surface area contributed by atoms with Gasteiger partial charge in [0.05, 0.1) is 5.38 Å². The molecule has 15 heavy (non-hydrogen) atoms. The molecule has 1 aromatic carbocycles. The molecule has 1 unspecified atom stereocenters. The van der Waals surface area contributed by atoms with E-state index in [1.54, 1.807) is 0 Å². The SMILES string of the molecule is CC(C)(C)CCCC(Cl)c1ccccc1. The Morgan fingerprint density at radius 1 is 1.13 bits per heavy atom. The molecule has 0 radical (unpaired) electrons. The minimum atomic E-state index is 0.175. The largest absolute Gasteiger partial charge is 0.118 e. The molecule has 0 aliphatic rings. The fraction of sp³-hybridized carbons (Fsp3) is 0.571. The van der Waals surface area contributed by atoms with Gasteiger partial charge in [0.25, 0.3) is 0 Å². The van der Waals surface area contributed by atoms with Gasteiger partial charge in [-0.15, -0.1) is 11.6 Å². The first-order chi connectivity index (χ1) is 6.99. The monoisotopic (exact) mass is 224 g/mol. The summed E-state index contributed by atoms with van der Waals surface area (Å²) >= 11 is 6.34. The minimum Gasteiger partial charge on any atom is -0.118 e. The lowest BCUT2D eigenvalue weighted by atomic mass is 9.89. The number of alkyl halides is 1. The summed E-state index contributed by atoms with van der Waals surface area (Å²) < 4.78 is 0. The number of rotatable bonds is 4. The molecule has 0 aromatic heterocycles. The molecule has 0 heterocycles. The van der Waals surface area contributed by atoms with E-state index >= 15 is 0 Å². The van der Waals surface area contributed by atoms with E-state index in [0.717, 1.165) is 6.42 Å². The maximum Gasteiger partial charge on any atom is 0.0585 e. The van der Waals surface area contributed by atoms with Gasteiger partial charge < -0.3 is 0 Å². The predicted octanol–water partition coefficient (Wildman–Crippen LogP) is 5.18. The number of hydrogen-bond acceptors (Lipinski definition) is 0. The lowest BCUT2D eigenvalue weighted by molar-refractivity contribution is 0.359. The van der Waals surface area contributed by atoms with Crippen LogP contribution >= 0.6 is 11.6 Å². The third kappa shape index (κ3) is 5.22. The van der Waals surface area contributed by atoms with Crippen molar-refractivity contribution in [2.24, 2.45) is 5.41 Å². The van der Waals surface area contributed by atoms with Crippen LogP contribution in [0.25, 0.3) is 0 Å². The van der Waals surface area contributed by atoms with Gasteiger partial charge in [0.2, 0.25) is 0 Å². The van der Waals surface area contributed by atoms with Crippen LogP contribution in [0.2, 0.25) is 0 Å². The van der Waals surface area contributed by atoms with Gasteiger partial charge in [-0.25, -0.2) is 0 Å². The lowest BCUT2D eigenvalue weighted by Crippen LogP contribution is -2.04. The Hall–Kier alpha value is -0.490. The summed E-state index contributed by atoms with van der Waals surface area (Å²) in [4.78, 5) is 0. The first-order valence-electron chi connectivity index (χ1n) is 5.68. The number of benzene rings is 1. The Morgan fingerprint density at radius 2 is 1.73 bits per heavy atom. The van der Waals surface area contributed by atoms with Crippen LogP contribution < -0.4 is 0 Å². The van der Waals surface area contributed by atoms with Gasteiger partial charge in [-0.3, -0.25) is 0 Å². The molecule has 1 atom stereocenters. The van der Waals surface area contributed by atoms with E-state index in [0.29, 0.717) is 5.41 Å². The lowest BCUT2D eigenvalue weighted by Gasteiger charge is -2.18. The zero-order valence-corrected chi connectivity index (χ0v) is 10.7. The number of hydrogen-bond donors (Lipinski definition) is 0. The molecule has 0 N–H and O–H groups in total. The predicted molar refractivity (Wildman–Crippen MR) is 68.3 cm³/mol. The first-order valence-corrected chi connectivity index (χ1v) is 6.12. The van der Waals surface area contributed by atoms with E-state index in [4.69, 9.17) is 11.6 Å². The molecule has 1 aromatic rings. The standard InChI is InChI=1S/C14H21Cl/c1-14(2,3)11-7-10-13(15)12-8-5-4-6-9-12/h4-6,8-9,13H,7,10-11H2,1-3H3. The van der Waals surface area contributed by atoms with Gasteiger partial charge in [0, 0.05) is 0 Å². The maximum atomic E-state index is 6.34. The average molecular weight is 225 g/mol. The van der Waals surface area contributed by atoms with E-state index < -0.39 is 0 Å². The molecule has 0 amide bonds. The Morgan fingerprint density at radius 3 is 2.27 bits per heavy atom. The molecule has 1 heteroatoms. The second-order valence-corrected chi connectivity index (χ2v) is 5.86. The van der Waals surface area contributed by atoms with Gasteiger partial charge in [0.1, 0.15) is 0 Å². The molecule has 0 saturated carbocycles. The van der Waals surface area contributed by atoms with Crippen molar-refractivity contribution in [1.82, 2.24) is 0 Å². The quantitative estimate of drug-likeness (QED) is 0.618. The summed E-state index contributed by atoms with van der Waals surface area (Å²) in [5.41, 5.74) is 1.67. The molecular weight excluding hydrogens is 204 g/mol. The van der Waals surface area contributed by atoms with Crippen molar-refractivity contribution in [2.75, 3.05) is 0 Å². The second kappa shape index (κ2) is 5.55. The van der Waals surface area contributed by atoms with E-state index in [2.05, 4.69) is 45.0 Å². The highest BCUT2D eigenvalue weighted by Crippen LogP contribution is 2.29. The second-order valence-electron chi connectivity index (χ2n) is 5.33. The molecule has 0 saturated heterocycles. The summed E-state index contributed by atoms with van der Waals surface area (Å²) in [7, 11) is 0. The summed E-state index contributed by atoms with van der Waals surface area (Å²) in [6, 6.07) is 10.3. The minimum absolute atomic E-state index is 0.175. The first kappa shape index (κ1) is 12.6. The summed E-state index contributed by atoms with van der Waals surface area (Å²) in [5.74, 6) is 0. The van der Waals surface area contributed by atoms with E-state index in [-0.39, 0.29) is 5.38 Å². The van der Waals surface area contributed by atoms with Crippen LogP contribution in [0.5, 0.6) is 0 Å². The van der Waals surface area contributed by atoms with Crippen LogP contribution in [0, 0.1) is 5.41 Å². The summed E-state index contributed by atoms with van der Waals surface area (Å²) in [5, 5.41) is 0.175. The zero-order valence-electron chi connectivity index (χ0n) is 9.96. The summed E-state index contributed by atoms with van der Waals surface area (Å²) in [6.45, 7) is 6.83. The van der Waals surface area contributed by atoms with Crippen molar-refractivity contribution in [3.63, 3.8) is 0 Å². The highest BCUT2D eigenvalue weighted by Gasteiger charge is 2.12. The molecular formula is C14H21Cl. The zero-order chi connectivity index (χ0) is 11.3. The van der Waals surface area contributed by atoms with Crippen molar-refractivity contribution in [3.05, 3.63) is 35.9 Å². The van der Waals surface area contributed by atoms with E-state index in [1.165, 1.54) is 18.4 Å². The van der Waals surface area contributed by atoms with Crippen LogP contribution in [0.3, 0.4) is 0 Å². The molecule has 0 bridgehead atoms. The Kier molecular flexibility index (Phi) is 4.66. The fourth-order valence-corrected chi connectivity index (χ4v) is 1.94. The third-order valence-electron chi connectivity index (χ3n) is 2.55. The molecule has 0 fully saturated rings. The van der Waals surface area contributed by atoms with Crippen LogP contribution in [0.4, 0.5) is 0 Å². The topological polar surface area (TPSA) is 0 Å². The summed E-state index contributed by atoms with van der Waals surface area (Å²) in [6.07, 6.45) is 3.51. The Balaban J connectivity index is 2.34. The Labute approximate surface area is 98.7 Å². The van der Waals surface area contributed by atoms with Crippen LogP contribution in [0.1, 0.15) is 51.0 Å². The third-order valence-corrected chi connectivity index (χ3v) is 3.02. The van der Waals surface area contributed by atoms with Crippen molar-refractivity contribution >= 4 is 11.6 Å². The van der Waals surface area contributed by atoms with Gasteiger partial charge in [-0.05, 0) is 23.8 Å². The van der Waals surface area contributed by atoms with Crippen molar-refractivity contribution in [2.45, 2.75) is 45.4 Å². The highest BCUT2D eigenvalue weighted by molar-refractivity contribution is 6.20. The fourth-order valence-electron chi connectivity index (χ4n) is 1.64. The highest BCUT2D eigenvalue weighted by atomic mass is 35.5. The van der Waals surface area contributed by atoms with Crippen LogP contribution in [0.15, 0.2) is 30.3 Å². The van der Waals surface area contributed by atoms with E-state index in [1.807, 2.05) is 6.07 Å². The van der Waals surface area contributed by atoms with Crippen molar-refractivity contribution < 1.29 is 0 Å². The normalized spacial score (nSPS) is 13.9. The average Bonchev–Trinajstić information content (AvgIpc) is 2.17.